The van der Waals surface area contributed by atoms with Crippen molar-refractivity contribution in [1.29, 1.82) is 5.26 Å². The van der Waals surface area contributed by atoms with Gasteiger partial charge in [-0.15, -0.1) is 0 Å². The van der Waals surface area contributed by atoms with Gasteiger partial charge in [0.05, 0.1) is 42.5 Å². The Labute approximate surface area is 221 Å². The third-order valence-electron chi connectivity index (χ3n) is 7.03. The number of nitriles is 1. The lowest BCUT2D eigenvalue weighted by Crippen LogP contribution is -2.66. The number of nitrogens with zero attached hydrogens (tertiary/aromatic N) is 3. The van der Waals surface area contributed by atoms with Gasteiger partial charge < -0.3 is 14.1 Å². The maximum atomic E-state index is 9.88. The van der Waals surface area contributed by atoms with E-state index in [0.717, 1.165) is 24.1 Å². The zero-order valence-corrected chi connectivity index (χ0v) is 22.8. The summed E-state index contributed by atoms with van der Waals surface area (Å²) in [6, 6.07) is 31.2. The molecule has 0 aliphatic carbocycles. The van der Waals surface area contributed by atoms with Gasteiger partial charge in [0.25, 0.3) is 8.32 Å². The molecular weight excluding hydrogens is 474 g/mol. The first-order valence-electron chi connectivity index (χ1n) is 12.8. The highest BCUT2D eigenvalue weighted by Crippen LogP contribution is 2.37. The molecule has 0 radical (unpaired) electrons. The van der Waals surface area contributed by atoms with Crippen LogP contribution >= 0.6 is 0 Å². The van der Waals surface area contributed by atoms with Gasteiger partial charge in [-0.05, 0) is 45.9 Å². The Kier molecular flexibility index (Phi) is 8.40. The highest BCUT2D eigenvalue weighted by molar-refractivity contribution is 6.99. The van der Waals surface area contributed by atoms with Crippen molar-refractivity contribution in [2.75, 3.05) is 6.61 Å². The zero-order valence-electron chi connectivity index (χ0n) is 21.8. The van der Waals surface area contributed by atoms with Crippen LogP contribution in [0, 0.1) is 11.3 Å². The second-order valence-electron chi connectivity index (χ2n) is 10.4. The predicted octanol–water partition coefficient (Wildman–Crippen LogP) is 5.19. The van der Waals surface area contributed by atoms with Gasteiger partial charge in [0, 0.05) is 6.61 Å². The van der Waals surface area contributed by atoms with Crippen LogP contribution in [0.3, 0.4) is 0 Å². The Morgan fingerprint density at radius 2 is 1.54 bits per heavy atom. The molecule has 6 heteroatoms. The molecule has 1 N–H and O–H groups in total. The molecule has 5 nitrogen and oxygen atoms in total. The van der Waals surface area contributed by atoms with Gasteiger partial charge >= 0.3 is 0 Å². The first-order chi connectivity index (χ1) is 17.9. The SMILES string of the molecule is CC(C)(C)[Si](OCCCC(c1ccc(C#N)cc1)n1cncc1CO)(c1ccccc1)c1ccccc1. The summed E-state index contributed by atoms with van der Waals surface area (Å²) in [4.78, 5) is 4.28. The third-order valence-corrected chi connectivity index (χ3v) is 12.1. The lowest BCUT2D eigenvalue weighted by atomic mass is 10.0. The van der Waals surface area contributed by atoms with E-state index < -0.39 is 8.32 Å². The minimum absolute atomic E-state index is 0.0138. The van der Waals surface area contributed by atoms with Crippen molar-refractivity contribution >= 4 is 18.7 Å². The predicted molar refractivity (Wildman–Crippen MR) is 150 cm³/mol. The summed E-state index contributed by atoms with van der Waals surface area (Å²) in [5, 5.41) is 21.6. The number of aromatic nitrogens is 2. The van der Waals surface area contributed by atoms with Crippen molar-refractivity contribution in [3.05, 3.63) is 114 Å². The molecule has 0 amide bonds. The van der Waals surface area contributed by atoms with Crippen LogP contribution in [-0.2, 0) is 11.0 Å². The molecule has 37 heavy (non-hydrogen) atoms. The fourth-order valence-electron chi connectivity index (χ4n) is 5.24. The monoisotopic (exact) mass is 509 g/mol. The molecule has 0 bridgehead atoms. The number of imidazole rings is 1. The number of benzene rings is 3. The second-order valence-corrected chi connectivity index (χ2v) is 14.7. The highest BCUT2D eigenvalue weighted by Gasteiger charge is 2.49. The summed E-state index contributed by atoms with van der Waals surface area (Å²) in [5.41, 5.74) is 2.48. The molecule has 4 rings (SSSR count). The molecule has 1 aromatic heterocycles. The van der Waals surface area contributed by atoms with Crippen LogP contribution in [0.1, 0.15) is 56.5 Å². The average molecular weight is 510 g/mol. The van der Waals surface area contributed by atoms with Crippen molar-refractivity contribution in [2.45, 2.75) is 51.3 Å². The normalized spacial score (nSPS) is 12.7. The summed E-state index contributed by atoms with van der Waals surface area (Å²) in [5.74, 6) is 0. The first-order valence-corrected chi connectivity index (χ1v) is 14.7. The van der Waals surface area contributed by atoms with Gasteiger partial charge in [0.1, 0.15) is 0 Å². The van der Waals surface area contributed by atoms with Crippen molar-refractivity contribution < 1.29 is 9.53 Å². The summed E-state index contributed by atoms with van der Waals surface area (Å²) in [7, 11) is -2.59. The van der Waals surface area contributed by atoms with Gasteiger partial charge in [-0.3, -0.25) is 0 Å². The van der Waals surface area contributed by atoms with Gasteiger partial charge in [0.2, 0.25) is 0 Å². The first kappa shape index (κ1) is 26.6. The van der Waals surface area contributed by atoms with E-state index >= 15 is 0 Å². The van der Waals surface area contributed by atoms with Gasteiger partial charge in [0.15, 0.2) is 0 Å². The Balaban J connectivity index is 1.62. The largest absolute Gasteiger partial charge is 0.407 e. The van der Waals surface area contributed by atoms with E-state index in [1.807, 2.05) is 28.8 Å². The van der Waals surface area contributed by atoms with Crippen molar-refractivity contribution in [3.63, 3.8) is 0 Å². The van der Waals surface area contributed by atoms with Crippen LogP contribution in [0.15, 0.2) is 97.5 Å². The van der Waals surface area contributed by atoms with Crippen LogP contribution in [0.25, 0.3) is 0 Å². The zero-order chi connectivity index (χ0) is 26.3. The van der Waals surface area contributed by atoms with E-state index in [4.69, 9.17) is 4.43 Å². The van der Waals surface area contributed by atoms with Crippen LogP contribution in [-0.4, -0.2) is 29.6 Å². The van der Waals surface area contributed by atoms with Crippen molar-refractivity contribution in [1.82, 2.24) is 9.55 Å². The van der Waals surface area contributed by atoms with Crippen LogP contribution < -0.4 is 10.4 Å². The molecule has 0 aliphatic rings. The molecule has 0 saturated heterocycles. The molecule has 4 aromatic rings. The minimum atomic E-state index is -2.59. The fraction of sp³-hybridized carbons (Fsp3) is 0.290. The molecule has 3 aromatic carbocycles. The number of hydrogen-bond acceptors (Lipinski definition) is 4. The molecule has 1 atom stereocenters. The molecule has 0 fully saturated rings. The molecule has 0 aliphatic heterocycles. The van der Waals surface area contributed by atoms with E-state index in [9.17, 15) is 10.4 Å². The van der Waals surface area contributed by atoms with Gasteiger partial charge in [-0.1, -0.05) is 93.6 Å². The lowest BCUT2D eigenvalue weighted by Gasteiger charge is -2.43. The maximum Gasteiger partial charge on any atom is 0.261 e. The summed E-state index contributed by atoms with van der Waals surface area (Å²) in [6.45, 7) is 7.40. The standard InChI is InChI=1S/C31H35N3O2Si/c1-31(2,3)37(28-11-6-4-7-12-28,29-13-8-5-9-14-29)36-20-10-15-30(34-24-33-22-27(34)23-35)26-18-16-25(21-32)17-19-26/h4-9,11-14,16-19,22,24,30,35H,10,15,20,23H2,1-3H3. The Morgan fingerprint density at radius 3 is 2.05 bits per heavy atom. The molecular formula is C31H35N3O2Si. The lowest BCUT2D eigenvalue weighted by molar-refractivity contribution is 0.261. The molecule has 1 heterocycles. The molecule has 190 valence electrons. The van der Waals surface area contributed by atoms with Crippen molar-refractivity contribution in [2.24, 2.45) is 0 Å². The molecule has 0 spiro atoms. The van der Waals surface area contributed by atoms with E-state index in [1.165, 1.54) is 10.4 Å². The summed E-state index contributed by atoms with van der Waals surface area (Å²) >= 11 is 0. The van der Waals surface area contributed by atoms with Crippen molar-refractivity contribution in [3.8, 4) is 6.07 Å². The van der Waals surface area contributed by atoms with Crippen LogP contribution in [0.4, 0.5) is 0 Å². The number of hydrogen-bond donors (Lipinski definition) is 1. The number of rotatable bonds is 10. The van der Waals surface area contributed by atoms with Crippen LogP contribution in [0.5, 0.6) is 0 Å². The summed E-state index contributed by atoms with van der Waals surface area (Å²) < 4.78 is 9.12. The second kappa shape index (κ2) is 11.7. The maximum absolute atomic E-state index is 9.88. The topological polar surface area (TPSA) is 71.1 Å². The minimum Gasteiger partial charge on any atom is -0.407 e. The van der Waals surface area contributed by atoms with Gasteiger partial charge in [-0.25, -0.2) is 4.98 Å². The Bertz CT molecular complexity index is 1270. The average Bonchev–Trinajstić information content (AvgIpc) is 3.40. The molecule has 0 saturated carbocycles. The van der Waals surface area contributed by atoms with Crippen LogP contribution in [0.2, 0.25) is 5.04 Å². The quantitative estimate of drug-likeness (QED) is 0.236. The smallest absolute Gasteiger partial charge is 0.261 e. The van der Waals surface area contributed by atoms with E-state index in [0.29, 0.717) is 12.2 Å². The van der Waals surface area contributed by atoms with E-state index in [1.54, 1.807) is 12.5 Å². The molecule has 1 unspecified atom stereocenters. The third kappa shape index (κ3) is 5.60. The fourth-order valence-corrected chi connectivity index (χ4v) is 9.85. The number of aliphatic hydroxyl groups is 1. The Hall–Kier alpha value is -3.50. The Morgan fingerprint density at radius 1 is 0.946 bits per heavy atom. The van der Waals surface area contributed by atoms with Gasteiger partial charge in [-0.2, -0.15) is 5.26 Å². The summed E-state index contributed by atoms with van der Waals surface area (Å²) in [6.07, 6.45) is 5.12. The highest BCUT2D eigenvalue weighted by atomic mass is 28.4. The van der Waals surface area contributed by atoms with E-state index in [2.05, 4.69) is 92.5 Å². The number of aliphatic hydroxyl groups excluding tert-OH is 1. The van der Waals surface area contributed by atoms with E-state index in [-0.39, 0.29) is 17.7 Å².